The first-order chi connectivity index (χ1) is 11.8. The van der Waals surface area contributed by atoms with Gasteiger partial charge in [-0.2, -0.15) is 0 Å². The molecular weight excluding hydrogens is 380 g/mol. The summed E-state index contributed by atoms with van der Waals surface area (Å²) in [5.74, 6) is -0.875. The van der Waals surface area contributed by atoms with Gasteiger partial charge in [0.1, 0.15) is 0 Å². The number of hydrogen-bond donors (Lipinski definition) is 0. The normalized spacial score (nSPS) is 22.4. The summed E-state index contributed by atoms with van der Waals surface area (Å²) in [4.78, 5) is 24.9. The molecule has 0 saturated heterocycles. The summed E-state index contributed by atoms with van der Waals surface area (Å²) < 4.78 is 13.3. The van der Waals surface area contributed by atoms with Crippen LogP contribution in [0.3, 0.4) is 0 Å². The predicted octanol–water partition coefficient (Wildman–Crippen LogP) is 3.96. The van der Waals surface area contributed by atoms with E-state index in [0.29, 0.717) is 6.42 Å². The summed E-state index contributed by atoms with van der Waals surface area (Å²) in [6, 6.07) is 7.99. The van der Waals surface area contributed by atoms with Crippen LogP contribution < -0.4 is 0 Å². The number of allylic oxidation sites excluding steroid dienone is 5. The summed E-state index contributed by atoms with van der Waals surface area (Å²) in [6.07, 6.45) is 10.6. The maximum atomic E-state index is 12.4. The van der Waals surface area contributed by atoms with E-state index in [1.54, 1.807) is 7.63 Å². The Morgan fingerprint density at radius 2 is 1.73 bits per heavy atom. The fourth-order valence-electron chi connectivity index (χ4n) is 5.15. The van der Waals surface area contributed by atoms with Gasteiger partial charge < -0.3 is 0 Å². The molecule has 1 unspecified atom stereocenters. The Hall–Kier alpha value is -1.69. The Kier molecular flexibility index (Phi) is 3.50. The average Bonchev–Trinajstić information content (AvgIpc) is 3.16. The summed E-state index contributed by atoms with van der Waals surface area (Å²) in [5.41, 5.74) is 2.09. The summed E-state index contributed by atoms with van der Waals surface area (Å²) in [6.45, 7) is 2.78. The van der Waals surface area contributed by atoms with Gasteiger partial charge >= 0.3 is 153 Å². The van der Waals surface area contributed by atoms with Crippen molar-refractivity contribution in [2.45, 2.75) is 34.9 Å². The first-order valence-electron chi connectivity index (χ1n) is 8.91. The second-order valence-electron chi connectivity index (χ2n) is 9.42. The summed E-state index contributed by atoms with van der Waals surface area (Å²) in [5, 5.41) is 3.85. The molecule has 0 aliphatic heterocycles. The van der Waals surface area contributed by atoms with Crippen LogP contribution in [0.25, 0.3) is 6.08 Å². The van der Waals surface area contributed by atoms with Crippen molar-refractivity contribution in [3.8, 4) is 0 Å². The third-order valence-electron chi connectivity index (χ3n) is 6.28. The third-order valence-corrected chi connectivity index (χ3v) is 24.1. The topological polar surface area (TPSA) is 52.6 Å². The van der Waals surface area contributed by atoms with E-state index < -0.39 is 24.2 Å². The Morgan fingerprint density at radius 1 is 1.12 bits per heavy atom. The van der Waals surface area contributed by atoms with Gasteiger partial charge in [-0.15, -0.1) is 0 Å². The van der Waals surface area contributed by atoms with Gasteiger partial charge in [-0.25, -0.2) is 0 Å². The number of carbonyl (C=O) groups is 2. The summed E-state index contributed by atoms with van der Waals surface area (Å²) >= 11 is -5.92. The van der Waals surface area contributed by atoms with Gasteiger partial charge in [-0.05, 0) is 0 Å². The molecule has 0 amide bonds. The van der Waals surface area contributed by atoms with Gasteiger partial charge in [0.15, 0.2) is 0 Å². The van der Waals surface area contributed by atoms with Crippen molar-refractivity contribution in [1.82, 2.24) is 0 Å². The Morgan fingerprint density at radius 3 is 2.27 bits per heavy atom. The van der Waals surface area contributed by atoms with E-state index in [1.165, 1.54) is 13.8 Å². The van der Waals surface area contributed by atoms with Crippen molar-refractivity contribution in [3.05, 3.63) is 63.6 Å². The molecule has 26 heavy (non-hydrogen) atoms. The molecule has 0 saturated carbocycles. The van der Waals surface area contributed by atoms with Gasteiger partial charge in [-0.1, -0.05) is 0 Å². The van der Waals surface area contributed by atoms with Crippen LogP contribution in [0.15, 0.2) is 52.4 Å². The van der Waals surface area contributed by atoms with Crippen LogP contribution in [-0.2, 0) is 28.5 Å². The van der Waals surface area contributed by atoms with Crippen LogP contribution in [0.4, 0.5) is 0 Å². The van der Waals surface area contributed by atoms with Crippen LogP contribution in [0.1, 0.15) is 35.6 Å². The van der Waals surface area contributed by atoms with Crippen molar-refractivity contribution in [3.63, 3.8) is 0 Å². The second-order valence-corrected chi connectivity index (χ2v) is 37.2. The monoisotopic (exact) mass is 406 g/mol. The van der Waals surface area contributed by atoms with E-state index in [4.69, 9.17) is 6.64 Å². The molecule has 0 fully saturated rings. The minimum absolute atomic E-state index is 0.332. The van der Waals surface area contributed by atoms with Gasteiger partial charge in [0, 0.05) is 0 Å². The first kappa shape index (κ1) is 19.1. The van der Waals surface area contributed by atoms with Gasteiger partial charge in [-0.3, -0.25) is 0 Å². The molecule has 0 heterocycles. The molecule has 2 aliphatic rings. The second kappa shape index (κ2) is 4.77. The molecule has 2 aliphatic carbocycles. The van der Waals surface area contributed by atoms with E-state index in [1.807, 2.05) is 65.1 Å². The zero-order valence-corrected chi connectivity index (χ0v) is 18.8. The van der Waals surface area contributed by atoms with E-state index in [2.05, 4.69) is 0 Å². The standard InChI is InChI=1S/C9H7.C5H5.2C2H4O2.2CH3.H2Si.Ti/c1-2-5-9-7-3-6-8(9)4-1;1-2-4-5-3-1;2*1-2(3)4;;;;/h1-7H;1-3H,4H2;2*1H3,(H,3,4);2*1H3;1H2;/q;;;;;;;+2/p-2. The third kappa shape index (κ3) is 2.38. The van der Waals surface area contributed by atoms with Crippen LogP contribution in [0, 0.1) is 0 Å². The molecule has 0 N–H and O–H groups in total. The number of benzene rings is 1. The quantitative estimate of drug-likeness (QED) is 0.711. The molecule has 4 nitrogen and oxygen atoms in total. The van der Waals surface area contributed by atoms with Crippen LogP contribution in [0.5, 0.6) is 0 Å². The molecule has 3 rings (SSSR count). The van der Waals surface area contributed by atoms with Crippen LogP contribution in [0.2, 0.25) is 10.5 Å². The van der Waals surface area contributed by atoms with Crippen molar-refractivity contribution in [1.29, 1.82) is 0 Å². The molecule has 0 bridgehead atoms. The average molecular weight is 406 g/mol. The molecular formula is C20H26O4SiTi. The first-order valence-corrected chi connectivity index (χ1v) is 19.0. The van der Waals surface area contributed by atoms with E-state index >= 15 is 0 Å². The number of fused-ring (bicyclic) bond motifs is 1. The fraction of sp³-hybridized carbons (Fsp3) is 0.300. The molecule has 138 valence electrons. The Labute approximate surface area is 152 Å². The SMILES string of the molecule is CC(=O)[O][Ti]([CH3])([CH3])(=[SiH2])([O]C(C)=O)([C]1=CC=CC1)[CH]1C=Cc2ccccc21. The number of carbonyl (C=O) groups excluding carboxylic acids is 2. The minimum atomic E-state index is -5.92. The molecule has 1 atom stereocenters. The zero-order chi connectivity index (χ0) is 19.3. The van der Waals surface area contributed by atoms with Gasteiger partial charge in [0.25, 0.3) is 0 Å². The Bertz CT molecular complexity index is 1040. The number of hydrogen-bond acceptors (Lipinski definition) is 4. The van der Waals surface area contributed by atoms with Gasteiger partial charge in [0.05, 0.1) is 0 Å². The fourth-order valence-corrected chi connectivity index (χ4v) is 21.1. The van der Waals surface area contributed by atoms with Gasteiger partial charge in [0.2, 0.25) is 0 Å². The summed E-state index contributed by atoms with van der Waals surface area (Å²) in [7, 11) is 1.61. The zero-order valence-electron chi connectivity index (χ0n) is 15.8. The Balaban J connectivity index is 2.49. The van der Waals surface area contributed by atoms with Crippen molar-refractivity contribution >= 4 is 25.6 Å². The van der Waals surface area contributed by atoms with E-state index in [0.717, 1.165) is 15.0 Å². The predicted molar refractivity (Wildman–Crippen MR) is 104 cm³/mol. The molecule has 0 spiro atoms. The van der Waals surface area contributed by atoms with E-state index in [-0.39, 0.29) is 4.22 Å². The molecule has 0 radical (unpaired) electrons. The number of rotatable bonds is 4. The van der Waals surface area contributed by atoms with Crippen molar-refractivity contribution < 1.29 is 28.5 Å². The van der Waals surface area contributed by atoms with Crippen molar-refractivity contribution in [2.24, 2.45) is 0 Å². The van der Waals surface area contributed by atoms with Crippen LogP contribution >= 0.6 is 0 Å². The molecule has 0 aromatic heterocycles. The molecule has 6 heteroatoms. The molecule has 1 aromatic rings. The molecule has 1 aromatic carbocycles. The van der Waals surface area contributed by atoms with Crippen LogP contribution in [-0.4, -0.2) is 19.6 Å². The van der Waals surface area contributed by atoms with E-state index in [9.17, 15) is 9.59 Å². The van der Waals surface area contributed by atoms with Crippen molar-refractivity contribution in [2.75, 3.05) is 0 Å². The maximum absolute atomic E-state index is 12.4.